The Morgan fingerprint density at radius 2 is 2.04 bits per heavy atom. The molecule has 23 heavy (non-hydrogen) atoms. The van der Waals surface area contributed by atoms with Crippen LogP contribution in [0.4, 0.5) is 16.5 Å². The zero-order chi connectivity index (χ0) is 17.1. The number of benzene rings is 1. The molecular formula is C14H14N4O4S. The standard InChI is InChI=1S/C14H14N4O4S/c1-8(19)11-7-23-14(15-11)16-13(20)10-6-9(18(21)22)4-5-12(10)17(2)3/h4-7H,1-3H3,(H,15,16,20). The van der Waals surface area contributed by atoms with Gasteiger partial charge in [0.2, 0.25) is 0 Å². The summed E-state index contributed by atoms with van der Waals surface area (Å²) in [5.74, 6) is -0.729. The summed E-state index contributed by atoms with van der Waals surface area (Å²) in [6, 6.07) is 4.06. The van der Waals surface area contributed by atoms with E-state index in [1.807, 2.05) is 0 Å². The van der Waals surface area contributed by atoms with Crippen LogP contribution in [0.3, 0.4) is 0 Å². The third-order valence-corrected chi connectivity index (χ3v) is 3.76. The SMILES string of the molecule is CC(=O)c1csc(NC(=O)c2cc([N+](=O)[O-])ccc2N(C)C)n1. The first-order valence-corrected chi connectivity index (χ1v) is 7.41. The molecule has 1 aromatic carbocycles. The van der Waals surface area contributed by atoms with Crippen molar-refractivity contribution < 1.29 is 14.5 Å². The minimum Gasteiger partial charge on any atom is -0.377 e. The molecule has 0 saturated carbocycles. The Balaban J connectivity index is 2.34. The average molecular weight is 334 g/mol. The van der Waals surface area contributed by atoms with Crippen molar-refractivity contribution in [3.63, 3.8) is 0 Å². The van der Waals surface area contributed by atoms with E-state index in [0.717, 1.165) is 11.3 Å². The highest BCUT2D eigenvalue weighted by Gasteiger charge is 2.19. The summed E-state index contributed by atoms with van der Waals surface area (Å²) in [7, 11) is 3.46. The highest BCUT2D eigenvalue weighted by atomic mass is 32.1. The summed E-state index contributed by atoms with van der Waals surface area (Å²) in [6.45, 7) is 1.38. The number of nitrogens with one attached hydrogen (secondary N) is 1. The number of non-ortho nitro benzene ring substituents is 1. The molecule has 8 nitrogen and oxygen atoms in total. The van der Waals surface area contributed by atoms with Gasteiger partial charge in [0.1, 0.15) is 5.69 Å². The maximum atomic E-state index is 12.4. The Kier molecular flexibility index (Phi) is 4.70. The van der Waals surface area contributed by atoms with Crippen LogP contribution in [0.25, 0.3) is 0 Å². The molecular weight excluding hydrogens is 320 g/mol. The summed E-state index contributed by atoms with van der Waals surface area (Å²) in [5, 5.41) is 15.3. The number of nitrogens with zero attached hydrogens (tertiary/aromatic N) is 3. The molecule has 1 N–H and O–H groups in total. The molecule has 0 aliphatic heterocycles. The van der Waals surface area contributed by atoms with Crippen molar-refractivity contribution in [2.45, 2.75) is 6.92 Å². The lowest BCUT2D eigenvalue weighted by Crippen LogP contribution is -2.18. The smallest absolute Gasteiger partial charge is 0.270 e. The summed E-state index contributed by atoms with van der Waals surface area (Å²) in [6.07, 6.45) is 0. The van der Waals surface area contributed by atoms with Crippen LogP contribution in [0.1, 0.15) is 27.8 Å². The van der Waals surface area contributed by atoms with Crippen molar-refractivity contribution in [1.29, 1.82) is 0 Å². The zero-order valence-corrected chi connectivity index (χ0v) is 13.5. The Morgan fingerprint density at radius 1 is 1.35 bits per heavy atom. The number of thiazole rings is 1. The van der Waals surface area contributed by atoms with E-state index in [1.165, 1.54) is 30.5 Å². The first kappa shape index (κ1) is 16.6. The third-order valence-electron chi connectivity index (χ3n) is 3.00. The lowest BCUT2D eigenvalue weighted by atomic mass is 10.1. The van der Waals surface area contributed by atoms with E-state index >= 15 is 0 Å². The van der Waals surface area contributed by atoms with Crippen LogP contribution in [-0.2, 0) is 0 Å². The van der Waals surface area contributed by atoms with Gasteiger partial charge in [-0.15, -0.1) is 11.3 Å². The van der Waals surface area contributed by atoms with Crippen LogP contribution in [0.5, 0.6) is 0 Å². The monoisotopic (exact) mass is 334 g/mol. The molecule has 0 unspecified atom stereocenters. The van der Waals surface area contributed by atoms with E-state index in [9.17, 15) is 19.7 Å². The molecule has 0 aliphatic rings. The number of carbonyl (C=O) groups is 2. The molecule has 2 rings (SSSR count). The topological polar surface area (TPSA) is 105 Å². The molecule has 1 aromatic heterocycles. The van der Waals surface area contributed by atoms with Crippen molar-refractivity contribution in [1.82, 2.24) is 4.98 Å². The van der Waals surface area contributed by atoms with Crippen LogP contribution in [0, 0.1) is 10.1 Å². The number of hydrogen-bond donors (Lipinski definition) is 1. The fourth-order valence-electron chi connectivity index (χ4n) is 1.87. The van der Waals surface area contributed by atoms with E-state index in [-0.39, 0.29) is 27.9 Å². The molecule has 0 fully saturated rings. The molecule has 1 heterocycles. The number of amides is 1. The zero-order valence-electron chi connectivity index (χ0n) is 12.7. The predicted octanol–water partition coefficient (Wildman–Crippen LogP) is 2.57. The maximum absolute atomic E-state index is 12.4. The van der Waals surface area contributed by atoms with Crippen LogP contribution < -0.4 is 10.2 Å². The van der Waals surface area contributed by atoms with Crippen molar-refractivity contribution >= 4 is 39.5 Å². The van der Waals surface area contributed by atoms with Crippen molar-refractivity contribution in [2.24, 2.45) is 0 Å². The van der Waals surface area contributed by atoms with Gasteiger partial charge in [0.25, 0.3) is 11.6 Å². The van der Waals surface area contributed by atoms with Gasteiger partial charge in [-0.2, -0.15) is 0 Å². The van der Waals surface area contributed by atoms with Gasteiger partial charge >= 0.3 is 0 Å². The minimum atomic E-state index is -0.562. The highest BCUT2D eigenvalue weighted by Crippen LogP contribution is 2.26. The molecule has 0 saturated heterocycles. The molecule has 0 atom stereocenters. The van der Waals surface area contributed by atoms with Gasteiger partial charge < -0.3 is 4.90 Å². The van der Waals surface area contributed by atoms with Gasteiger partial charge in [-0.1, -0.05) is 0 Å². The first-order chi connectivity index (χ1) is 10.8. The number of nitro groups is 1. The van der Waals surface area contributed by atoms with Crippen LogP contribution in [0.2, 0.25) is 0 Å². The maximum Gasteiger partial charge on any atom is 0.270 e. The number of nitro benzene ring substituents is 1. The minimum absolute atomic E-state index is 0.156. The molecule has 9 heteroatoms. The Hall–Kier alpha value is -2.81. The van der Waals surface area contributed by atoms with Gasteiger partial charge in [0, 0.05) is 44.2 Å². The summed E-state index contributed by atoms with van der Waals surface area (Å²) >= 11 is 1.11. The number of ketones is 1. The molecule has 0 radical (unpaired) electrons. The summed E-state index contributed by atoms with van der Waals surface area (Å²) in [4.78, 5) is 39.7. The number of hydrogen-bond acceptors (Lipinski definition) is 7. The second-order valence-corrected chi connectivity index (χ2v) is 5.76. The van der Waals surface area contributed by atoms with Crippen molar-refractivity contribution in [3.8, 4) is 0 Å². The number of carbonyl (C=O) groups excluding carboxylic acids is 2. The summed E-state index contributed by atoms with van der Waals surface area (Å²) in [5.41, 5.74) is 0.779. The predicted molar refractivity (Wildman–Crippen MR) is 87.5 cm³/mol. The van der Waals surface area contributed by atoms with Gasteiger partial charge in [-0.3, -0.25) is 25.0 Å². The van der Waals surface area contributed by atoms with Crippen LogP contribution in [0.15, 0.2) is 23.6 Å². The normalized spacial score (nSPS) is 10.2. The Bertz CT molecular complexity index is 785. The average Bonchev–Trinajstić information content (AvgIpc) is 2.95. The third kappa shape index (κ3) is 3.69. The van der Waals surface area contributed by atoms with E-state index in [4.69, 9.17) is 0 Å². The lowest BCUT2D eigenvalue weighted by Gasteiger charge is -2.16. The van der Waals surface area contributed by atoms with Gasteiger partial charge in [-0.05, 0) is 6.07 Å². The molecule has 1 amide bonds. The van der Waals surface area contributed by atoms with E-state index < -0.39 is 10.8 Å². The fourth-order valence-corrected chi connectivity index (χ4v) is 2.61. The molecule has 0 bridgehead atoms. The van der Waals surface area contributed by atoms with Crippen LogP contribution >= 0.6 is 11.3 Å². The number of rotatable bonds is 5. The Labute approximate surface area is 135 Å². The van der Waals surface area contributed by atoms with E-state index in [1.54, 1.807) is 19.0 Å². The van der Waals surface area contributed by atoms with E-state index in [2.05, 4.69) is 10.3 Å². The number of Topliss-reactive ketones (excluding diaryl/α,β-unsaturated/α-hetero) is 1. The fraction of sp³-hybridized carbons (Fsp3) is 0.214. The van der Waals surface area contributed by atoms with E-state index in [0.29, 0.717) is 5.69 Å². The number of aromatic nitrogens is 1. The lowest BCUT2D eigenvalue weighted by molar-refractivity contribution is -0.384. The Morgan fingerprint density at radius 3 is 2.57 bits per heavy atom. The van der Waals surface area contributed by atoms with Crippen LogP contribution in [-0.4, -0.2) is 35.7 Å². The largest absolute Gasteiger partial charge is 0.377 e. The highest BCUT2D eigenvalue weighted by molar-refractivity contribution is 7.14. The molecule has 0 spiro atoms. The molecule has 2 aromatic rings. The van der Waals surface area contributed by atoms with Gasteiger partial charge in [0.15, 0.2) is 10.9 Å². The van der Waals surface area contributed by atoms with Crippen molar-refractivity contribution in [2.75, 3.05) is 24.3 Å². The summed E-state index contributed by atoms with van der Waals surface area (Å²) < 4.78 is 0. The molecule has 120 valence electrons. The van der Waals surface area contributed by atoms with Gasteiger partial charge in [0.05, 0.1) is 10.5 Å². The second kappa shape index (κ2) is 6.53. The number of anilines is 2. The van der Waals surface area contributed by atoms with Crippen molar-refractivity contribution in [3.05, 3.63) is 45.0 Å². The molecule has 0 aliphatic carbocycles. The second-order valence-electron chi connectivity index (χ2n) is 4.90. The first-order valence-electron chi connectivity index (χ1n) is 6.53. The van der Waals surface area contributed by atoms with Gasteiger partial charge in [-0.25, -0.2) is 4.98 Å². The quantitative estimate of drug-likeness (QED) is 0.512.